The quantitative estimate of drug-likeness (QED) is 0.0533. The van der Waals surface area contributed by atoms with Crippen molar-refractivity contribution in [2.45, 2.75) is 142 Å². The number of ether oxygens (including phenoxy) is 2. The first-order valence-corrected chi connectivity index (χ1v) is 24.2. The molecule has 2 N–H and O–H groups in total. The van der Waals surface area contributed by atoms with Gasteiger partial charge in [-0.2, -0.15) is 0 Å². The minimum atomic E-state index is 0.702. The van der Waals surface area contributed by atoms with E-state index in [1.54, 1.807) is 0 Å². The Labute approximate surface area is 371 Å². The lowest BCUT2D eigenvalue weighted by Gasteiger charge is -2.13. The molecule has 0 radical (unpaired) electrons. The summed E-state index contributed by atoms with van der Waals surface area (Å²) in [5.41, 5.74) is 11.6. The number of fused-ring (bicyclic) bond motifs is 8. The third-order valence-corrected chi connectivity index (χ3v) is 12.2. The number of hydrogen-bond acceptors (Lipinski definition) is 4. The van der Waals surface area contributed by atoms with E-state index in [2.05, 4.69) is 133 Å². The Morgan fingerprint density at radius 2 is 0.774 bits per heavy atom. The van der Waals surface area contributed by atoms with Crippen LogP contribution >= 0.6 is 0 Å². The van der Waals surface area contributed by atoms with Crippen LogP contribution in [0.3, 0.4) is 0 Å². The number of aromatic amines is 2. The topological polar surface area (TPSA) is 75.8 Å². The van der Waals surface area contributed by atoms with E-state index in [0.717, 1.165) is 91.4 Å². The zero-order valence-corrected chi connectivity index (χ0v) is 37.7. The zero-order chi connectivity index (χ0) is 42.6. The van der Waals surface area contributed by atoms with Gasteiger partial charge in [-0.1, -0.05) is 166 Å². The number of benzene rings is 2. The molecule has 3 aromatic heterocycles. The Kier molecular flexibility index (Phi) is 17.5. The second-order valence-corrected chi connectivity index (χ2v) is 17.3. The third-order valence-electron chi connectivity index (χ3n) is 12.2. The largest absolute Gasteiger partial charge is 0.493 e. The molecule has 0 saturated carbocycles. The van der Waals surface area contributed by atoms with Gasteiger partial charge >= 0.3 is 0 Å². The molecule has 6 heteroatoms. The van der Waals surface area contributed by atoms with Gasteiger partial charge in [0.1, 0.15) is 11.5 Å². The Bertz CT molecular complexity index is 2220. The highest BCUT2D eigenvalue weighted by atomic mass is 16.5. The maximum atomic E-state index is 6.54. The lowest BCUT2D eigenvalue weighted by Crippen LogP contribution is -1.99. The Morgan fingerprint density at radius 1 is 0.403 bits per heavy atom. The summed E-state index contributed by atoms with van der Waals surface area (Å²) in [5, 5.41) is 0. The van der Waals surface area contributed by atoms with Gasteiger partial charge in [-0.15, -0.1) is 0 Å². The third kappa shape index (κ3) is 12.8. The van der Waals surface area contributed by atoms with Gasteiger partial charge in [0.05, 0.1) is 36.0 Å². The van der Waals surface area contributed by atoms with Crippen LogP contribution in [0.25, 0.3) is 68.6 Å². The van der Waals surface area contributed by atoms with E-state index in [-0.39, 0.29) is 0 Å². The average Bonchev–Trinajstić information content (AvgIpc) is 4.14. The molecule has 326 valence electrons. The average molecular weight is 831 g/mol. The summed E-state index contributed by atoms with van der Waals surface area (Å²) in [6.45, 7) is 5.97. The van der Waals surface area contributed by atoms with Crippen LogP contribution in [0.5, 0.6) is 11.5 Å². The summed E-state index contributed by atoms with van der Waals surface area (Å²) in [7, 11) is 0. The standard InChI is InChI=1S/C56H70N4O2/c1-3-5-7-9-11-13-15-17-19-25-39-61-53-29-23-21-27-47(53)55-49-35-31-43(57-49)41-45-33-37-51(59-45)56(52-38-34-46(60-52)42-44-32-36-50(55)58-44)48-28-22-24-30-54(48)62-40-26-20-18-16-14-12-10-8-6-4-2/h21-24,27-38,41-42,57,60H,3-20,25-26,39-40H2,1-2H3. The lowest BCUT2D eigenvalue weighted by atomic mass is 10.0. The number of rotatable bonds is 26. The van der Waals surface area contributed by atoms with Crippen LogP contribution in [-0.4, -0.2) is 33.1 Å². The fraction of sp³-hybridized carbons (Fsp3) is 0.429. The van der Waals surface area contributed by atoms with Gasteiger partial charge in [-0.25, -0.2) is 9.97 Å². The second-order valence-electron chi connectivity index (χ2n) is 17.3. The highest BCUT2D eigenvalue weighted by Crippen LogP contribution is 2.38. The molecule has 0 fully saturated rings. The predicted octanol–water partition coefficient (Wildman–Crippen LogP) is 16.6. The molecule has 0 unspecified atom stereocenters. The Hall–Kier alpha value is -5.36. The van der Waals surface area contributed by atoms with Crippen molar-refractivity contribution in [2.75, 3.05) is 13.2 Å². The molecule has 2 aliphatic heterocycles. The molecular formula is C56H70N4O2. The van der Waals surface area contributed by atoms with Crippen LogP contribution in [0.4, 0.5) is 0 Å². The number of unbranched alkanes of at least 4 members (excludes halogenated alkanes) is 18. The predicted molar refractivity (Wildman–Crippen MR) is 264 cm³/mol. The molecule has 6 nitrogen and oxygen atoms in total. The van der Waals surface area contributed by atoms with Crippen molar-refractivity contribution < 1.29 is 9.47 Å². The van der Waals surface area contributed by atoms with Crippen molar-refractivity contribution in [3.63, 3.8) is 0 Å². The van der Waals surface area contributed by atoms with Crippen molar-refractivity contribution in [2.24, 2.45) is 0 Å². The van der Waals surface area contributed by atoms with Gasteiger partial charge in [0.25, 0.3) is 0 Å². The van der Waals surface area contributed by atoms with E-state index in [1.165, 1.54) is 116 Å². The Morgan fingerprint density at radius 3 is 1.18 bits per heavy atom. The fourth-order valence-electron chi connectivity index (χ4n) is 8.78. The van der Waals surface area contributed by atoms with E-state index in [4.69, 9.17) is 19.4 Å². The molecular weight excluding hydrogens is 761 g/mol. The monoisotopic (exact) mass is 831 g/mol. The SMILES string of the molecule is CCCCCCCCCCCCOc1ccccc1-c1c2nc(cc3ccc([nH]3)c(-c3ccccc3OCCCCCCCCCCCC)c3nc(cc4ccc1[nH]4)C=C3)C=C2. The van der Waals surface area contributed by atoms with Crippen molar-refractivity contribution >= 4 is 46.4 Å². The molecule has 5 heterocycles. The number of nitrogens with zero attached hydrogens (tertiary/aromatic N) is 2. The highest BCUT2D eigenvalue weighted by Gasteiger charge is 2.17. The highest BCUT2D eigenvalue weighted by molar-refractivity contribution is 5.95. The van der Waals surface area contributed by atoms with Crippen LogP contribution in [-0.2, 0) is 0 Å². The van der Waals surface area contributed by atoms with Gasteiger partial charge in [0.2, 0.25) is 0 Å². The van der Waals surface area contributed by atoms with Crippen molar-refractivity contribution in [3.8, 4) is 33.8 Å². The van der Waals surface area contributed by atoms with Gasteiger partial charge in [-0.05, 0) is 85.7 Å². The van der Waals surface area contributed by atoms with Crippen molar-refractivity contribution in [1.82, 2.24) is 19.9 Å². The fourth-order valence-corrected chi connectivity index (χ4v) is 8.78. The summed E-state index contributed by atoms with van der Waals surface area (Å²) in [6, 6.07) is 29.6. The number of para-hydroxylation sites is 2. The molecule has 0 saturated heterocycles. The minimum Gasteiger partial charge on any atom is -0.493 e. The lowest BCUT2D eigenvalue weighted by molar-refractivity contribution is 0.305. The van der Waals surface area contributed by atoms with E-state index >= 15 is 0 Å². The van der Waals surface area contributed by atoms with E-state index in [0.29, 0.717) is 13.2 Å². The van der Waals surface area contributed by atoms with E-state index in [1.807, 2.05) is 0 Å². The smallest absolute Gasteiger partial charge is 0.127 e. The molecule has 0 amide bonds. The van der Waals surface area contributed by atoms with Gasteiger partial charge in [0, 0.05) is 44.3 Å². The maximum absolute atomic E-state index is 6.54. The van der Waals surface area contributed by atoms with Crippen LogP contribution in [0, 0.1) is 0 Å². The molecule has 2 aliphatic rings. The summed E-state index contributed by atoms with van der Waals surface area (Å²) in [5.74, 6) is 1.77. The van der Waals surface area contributed by atoms with Crippen LogP contribution < -0.4 is 9.47 Å². The van der Waals surface area contributed by atoms with Crippen LogP contribution in [0.1, 0.15) is 165 Å². The molecule has 5 aromatic rings. The molecule has 62 heavy (non-hydrogen) atoms. The summed E-state index contributed by atoms with van der Waals surface area (Å²) < 4.78 is 13.1. The van der Waals surface area contributed by atoms with E-state index < -0.39 is 0 Å². The molecule has 0 spiro atoms. The second kappa shape index (κ2) is 24.3. The van der Waals surface area contributed by atoms with Gasteiger partial charge in [-0.3, -0.25) is 0 Å². The molecule has 8 bridgehead atoms. The molecule has 7 rings (SSSR count). The van der Waals surface area contributed by atoms with E-state index in [9.17, 15) is 0 Å². The number of H-pyrrole nitrogens is 2. The number of aromatic nitrogens is 4. The molecule has 0 atom stereocenters. The first-order chi connectivity index (χ1) is 30.7. The van der Waals surface area contributed by atoms with Crippen LogP contribution in [0.15, 0.2) is 84.9 Å². The first-order valence-electron chi connectivity index (χ1n) is 24.2. The number of nitrogens with one attached hydrogen (secondary N) is 2. The van der Waals surface area contributed by atoms with Crippen molar-refractivity contribution in [1.29, 1.82) is 0 Å². The maximum Gasteiger partial charge on any atom is 0.127 e. The molecule has 0 aliphatic carbocycles. The summed E-state index contributed by atoms with van der Waals surface area (Å²) in [6.07, 6.45) is 34.5. The van der Waals surface area contributed by atoms with Crippen molar-refractivity contribution in [3.05, 3.63) is 108 Å². The zero-order valence-electron chi connectivity index (χ0n) is 37.7. The van der Waals surface area contributed by atoms with Gasteiger partial charge in [0.15, 0.2) is 0 Å². The summed E-state index contributed by atoms with van der Waals surface area (Å²) in [4.78, 5) is 17.9. The normalized spacial score (nSPS) is 12.0. The summed E-state index contributed by atoms with van der Waals surface area (Å²) >= 11 is 0. The first kappa shape index (κ1) is 44.7. The van der Waals surface area contributed by atoms with Gasteiger partial charge < -0.3 is 19.4 Å². The van der Waals surface area contributed by atoms with Crippen LogP contribution in [0.2, 0.25) is 0 Å². The molecule has 2 aromatic carbocycles. The number of hydrogen-bond donors (Lipinski definition) is 2. The Balaban J connectivity index is 1.12. The minimum absolute atomic E-state index is 0.702.